The van der Waals surface area contributed by atoms with Gasteiger partial charge in [0.2, 0.25) is 0 Å². The Morgan fingerprint density at radius 1 is 1.35 bits per heavy atom. The Hall–Kier alpha value is -0.870. The normalized spacial score (nSPS) is 14.6. The van der Waals surface area contributed by atoms with Gasteiger partial charge in [-0.05, 0) is 31.7 Å². The summed E-state index contributed by atoms with van der Waals surface area (Å²) in [5, 5.41) is 8.89. The molecule has 0 radical (unpaired) electrons. The highest BCUT2D eigenvalue weighted by molar-refractivity contribution is 9.10. The molecule has 4 heteroatoms. The lowest BCUT2D eigenvalue weighted by molar-refractivity contribution is -0.141. The lowest BCUT2D eigenvalue weighted by Crippen LogP contribution is -2.30. The number of rotatable bonds is 5. The molecule has 0 aliphatic heterocycles. The number of benzene rings is 1. The minimum Gasteiger partial charge on any atom is -0.481 e. The molecule has 0 aliphatic rings. The molecule has 1 rings (SSSR count). The second kappa shape index (κ2) is 6.17. The van der Waals surface area contributed by atoms with Crippen molar-refractivity contribution in [3.8, 4) is 0 Å². The van der Waals surface area contributed by atoms with Crippen LogP contribution in [0.4, 0.5) is 0 Å². The van der Waals surface area contributed by atoms with Crippen molar-refractivity contribution in [2.75, 3.05) is 13.6 Å². The van der Waals surface area contributed by atoms with Gasteiger partial charge in [0.15, 0.2) is 0 Å². The van der Waals surface area contributed by atoms with E-state index in [9.17, 15) is 4.79 Å². The summed E-state index contributed by atoms with van der Waals surface area (Å²) in [4.78, 5) is 12.9. The van der Waals surface area contributed by atoms with E-state index in [1.54, 1.807) is 6.92 Å². The van der Waals surface area contributed by atoms with Gasteiger partial charge in [-0.1, -0.05) is 35.0 Å². The average molecular weight is 300 g/mol. The van der Waals surface area contributed by atoms with E-state index in [2.05, 4.69) is 39.9 Å². The van der Waals surface area contributed by atoms with E-state index in [1.165, 1.54) is 5.56 Å². The third kappa shape index (κ3) is 4.13. The zero-order valence-electron chi connectivity index (χ0n) is 10.4. The quantitative estimate of drug-likeness (QED) is 0.908. The predicted molar refractivity (Wildman–Crippen MR) is 72.0 cm³/mol. The first-order valence-corrected chi connectivity index (χ1v) is 6.39. The van der Waals surface area contributed by atoms with Gasteiger partial charge in [-0.2, -0.15) is 0 Å². The summed E-state index contributed by atoms with van der Waals surface area (Å²) < 4.78 is 1.05. The molecular formula is C13H18BrNO2. The summed E-state index contributed by atoms with van der Waals surface area (Å²) in [5.74, 6) is -1.10. The van der Waals surface area contributed by atoms with E-state index in [0.717, 1.165) is 4.47 Å². The molecule has 0 aliphatic carbocycles. The number of carboxylic acid groups (broad SMARTS) is 1. The third-order valence-corrected chi connectivity index (χ3v) is 3.53. The topological polar surface area (TPSA) is 40.5 Å². The highest BCUT2D eigenvalue weighted by Crippen LogP contribution is 2.21. The summed E-state index contributed by atoms with van der Waals surface area (Å²) in [6.45, 7) is 4.36. The number of hydrogen-bond acceptors (Lipinski definition) is 2. The van der Waals surface area contributed by atoms with Gasteiger partial charge in [0, 0.05) is 17.1 Å². The maximum Gasteiger partial charge on any atom is 0.307 e. The zero-order chi connectivity index (χ0) is 13.0. The molecule has 2 unspecified atom stereocenters. The van der Waals surface area contributed by atoms with E-state index in [1.807, 2.05) is 19.2 Å². The zero-order valence-corrected chi connectivity index (χ0v) is 11.9. The van der Waals surface area contributed by atoms with Crippen LogP contribution >= 0.6 is 15.9 Å². The number of nitrogens with zero attached hydrogens (tertiary/aromatic N) is 1. The van der Waals surface area contributed by atoms with Crippen LogP contribution in [-0.4, -0.2) is 29.6 Å². The Bertz CT molecular complexity index is 378. The molecule has 3 nitrogen and oxygen atoms in total. The molecule has 2 atom stereocenters. The third-order valence-electron chi connectivity index (χ3n) is 3.00. The molecule has 0 saturated heterocycles. The number of hydrogen-bond donors (Lipinski definition) is 1. The molecule has 1 aromatic carbocycles. The standard InChI is InChI=1S/C13H18BrNO2/c1-9(13(16)17)8-15(3)10(2)11-4-6-12(14)7-5-11/h4-7,9-10H,8H2,1-3H3,(H,16,17). The first kappa shape index (κ1) is 14.2. The van der Waals surface area contributed by atoms with Crippen LogP contribution in [0.5, 0.6) is 0 Å². The maximum atomic E-state index is 10.8. The molecule has 0 amide bonds. The Morgan fingerprint density at radius 3 is 2.35 bits per heavy atom. The van der Waals surface area contributed by atoms with Gasteiger partial charge in [-0.25, -0.2) is 0 Å². The SMILES string of the molecule is CC(CN(C)C(C)c1ccc(Br)cc1)C(=O)O. The first-order valence-electron chi connectivity index (χ1n) is 5.60. The van der Waals surface area contributed by atoms with Crippen LogP contribution in [0.3, 0.4) is 0 Å². The summed E-state index contributed by atoms with van der Waals surface area (Å²) >= 11 is 3.40. The summed E-state index contributed by atoms with van der Waals surface area (Å²) in [6, 6.07) is 8.32. The first-order chi connectivity index (χ1) is 7.91. The number of carbonyl (C=O) groups is 1. The van der Waals surface area contributed by atoms with Crippen LogP contribution < -0.4 is 0 Å². The summed E-state index contributed by atoms with van der Waals surface area (Å²) in [5.41, 5.74) is 1.19. The van der Waals surface area contributed by atoms with Gasteiger partial charge < -0.3 is 5.11 Å². The molecule has 0 bridgehead atoms. The Morgan fingerprint density at radius 2 is 1.88 bits per heavy atom. The Labute approximate surface area is 111 Å². The van der Waals surface area contributed by atoms with Crippen molar-refractivity contribution in [1.82, 2.24) is 4.90 Å². The van der Waals surface area contributed by atoms with Crippen molar-refractivity contribution < 1.29 is 9.90 Å². The Balaban J connectivity index is 2.66. The average Bonchev–Trinajstić information content (AvgIpc) is 2.28. The van der Waals surface area contributed by atoms with Crippen LogP contribution in [0.1, 0.15) is 25.5 Å². The Kier molecular flexibility index (Phi) is 5.15. The van der Waals surface area contributed by atoms with Gasteiger partial charge in [0.25, 0.3) is 0 Å². The lowest BCUT2D eigenvalue weighted by Gasteiger charge is -2.26. The van der Waals surface area contributed by atoms with Crippen LogP contribution in [0.25, 0.3) is 0 Å². The van der Waals surface area contributed by atoms with E-state index < -0.39 is 5.97 Å². The molecule has 94 valence electrons. The van der Waals surface area contributed by atoms with E-state index in [4.69, 9.17) is 5.11 Å². The number of halogens is 1. The minimum atomic E-state index is -0.750. The fraction of sp³-hybridized carbons (Fsp3) is 0.462. The monoisotopic (exact) mass is 299 g/mol. The van der Waals surface area contributed by atoms with Crippen molar-refractivity contribution in [3.05, 3.63) is 34.3 Å². The second-order valence-electron chi connectivity index (χ2n) is 4.41. The minimum absolute atomic E-state index is 0.213. The van der Waals surface area contributed by atoms with Crippen molar-refractivity contribution >= 4 is 21.9 Å². The largest absolute Gasteiger partial charge is 0.481 e. The van der Waals surface area contributed by atoms with Crippen molar-refractivity contribution in [2.45, 2.75) is 19.9 Å². The van der Waals surface area contributed by atoms with Gasteiger partial charge in [-0.3, -0.25) is 9.69 Å². The van der Waals surface area contributed by atoms with E-state index >= 15 is 0 Å². The maximum absolute atomic E-state index is 10.8. The number of carboxylic acids is 1. The fourth-order valence-electron chi connectivity index (χ4n) is 1.66. The predicted octanol–water partition coefficient (Wildman–Crippen LogP) is 3.16. The van der Waals surface area contributed by atoms with Gasteiger partial charge >= 0.3 is 5.97 Å². The molecule has 1 aromatic rings. The number of aliphatic carboxylic acids is 1. The molecule has 0 fully saturated rings. The van der Waals surface area contributed by atoms with Crippen LogP contribution in [0.2, 0.25) is 0 Å². The van der Waals surface area contributed by atoms with E-state index in [0.29, 0.717) is 6.54 Å². The van der Waals surface area contributed by atoms with Crippen LogP contribution in [-0.2, 0) is 4.79 Å². The molecule has 1 N–H and O–H groups in total. The van der Waals surface area contributed by atoms with Crippen molar-refractivity contribution in [2.24, 2.45) is 5.92 Å². The van der Waals surface area contributed by atoms with Gasteiger partial charge in [0.05, 0.1) is 5.92 Å². The molecule has 0 spiro atoms. The van der Waals surface area contributed by atoms with Crippen LogP contribution in [0.15, 0.2) is 28.7 Å². The van der Waals surface area contributed by atoms with Gasteiger partial charge in [-0.15, -0.1) is 0 Å². The van der Waals surface area contributed by atoms with Crippen LogP contribution in [0, 0.1) is 5.92 Å². The van der Waals surface area contributed by atoms with E-state index in [-0.39, 0.29) is 12.0 Å². The molecule has 0 saturated carbocycles. The smallest absolute Gasteiger partial charge is 0.307 e. The fourth-order valence-corrected chi connectivity index (χ4v) is 1.93. The molecular weight excluding hydrogens is 282 g/mol. The highest BCUT2D eigenvalue weighted by atomic mass is 79.9. The van der Waals surface area contributed by atoms with Crippen molar-refractivity contribution in [3.63, 3.8) is 0 Å². The molecule has 0 heterocycles. The highest BCUT2D eigenvalue weighted by Gasteiger charge is 2.18. The second-order valence-corrected chi connectivity index (χ2v) is 5.32. The van der Waals surface area contributed by atoms with Crippen molar-refractivity contribution in [1.29, 1.82) is 0 Å². The summed E-state index contributed by atoms with van der Waals surface area (Å²) in [6.07, 6.45) is 0. The molecule has 17 heavy (non-hydrogen) atoms. The van der Waals surface area contributed by atoms with Gasteiger partial charge in [0.1, 0.15) is 0 Å². The summed E-state index contributed by atoms with van der Waals surface area (Å²) in [7, 11) is 1.95. The molecule has 0 aromatic heterocycles. The lowest BCUT2D eigenvalue weighted by atomic mass is 10.1.